The maximum absolute atomic E-state index is 13.1. The average Bonchev–Trinajstić information content (AvgIpc) is 2.68. The molecule has 8 heteroatoms. The number of sulfonamides is 1. The zero-order valence-corrected chi connectivity index (χ0v) is 16.4. The highest BCUT2D eigenvalue weighted by Gasteiger charge is 2.31. The molecule has 0 radical (unpaired) electrons. The summed E-state index contributed by atoms with van der Waals surface area (Å²) in [6, 6.07) is 12.6. The lowest BCUT2D eigenvalue weighted by molar-refractivity contribution is 0.181. The Hall–Kier alpha value is -2.29. The topological polar surface area (TPSA) is 85.1 Å². The quantitative estimate of drug-likeness (QED) is 0.756. The second-order valence-corrected chi connectivity index (χ2v) is 8.35. The molecule has 2 N–H and O–H groups in total. The number of anilines is 1. The molecule has 0 spiro atoms. The second kappa shape index (κ2) is 8.16. The summed E-state index contributed by atoms with van der Waals surface area (Å²) in [4.78, 5) is 2.36. The number of rotatable bonds is 6. The molecule has 1 aliphatic rings. The van der Waals surface area contributed by atoms with Gasteiger partial charge in [0.05, 0.1) is 14.2 Å². The van der Waals surface area contributed by atoms with Crippen LogP contribution in [0.1, 0.15) is 5.56 Å². The van der Waals surface area contributed by atoms with E-state index in [0.29, 0.717) is 37.7 Å². The van der Waals surface area contributed by atoms with E-state index in [-0.39, 0.29) is 4.90 Å². The molecule has 146 valence electrons. The number of piperazine rings is 1. The molecule has 0 atom stereocenters. The second-order valence-electron chi connectivity index (χ2n) is 6.44. The van der Waals surface area contributed by atoms with Crippen molar-refractivity contribution in [2.24, 2.45) is 0 Å². The van der Waals surface area contributed by atoms with E-state index in [1.807, 2.05) is 24.3 Å². The largest absolute Gasteiger partial charge is 0.497 e. The van der Waals surface area contributed by atoms with Gasteiger partial charge in [0.1, 0.15) is 16.4 Å². The maximum Gasteiger partial charge on any atom is 0.246 e. The summed E-state index contributed by atoms with van der Waals surface area (Å²) in [7, 11) is -0.689. The van der Waals surface area contributed by atoms with Gasteiger partial charge in [-0.3, -0.25) is 4.90 Å². The van der Waals surface area contributed by atoms with Gasteiger partial charge in [-0.05, 0) is 29.8 Å². The van der Waals surface area contributed by atoms with Crippen LogP contribution in [0, 0.1) is 0 Å². The van der Waals surface area contributed by atoms with Crippen molar-refractivity contribution in [2.45, 2.75) is 11.4 Å². The van der Waals surface area contributed by atoms with Gasteiger partial charge < -0.3 is 15.2 Å². The molecule has 27 heavy (non-hydrogen) atoms. The molecule has 0 bridgehead atoms. The van der Waals surface area contributed by atoms with Gasteiger partial charge in [-0.15, -0.1) is 0 Å². The number of benzene rings is 2. The Morgan fingerprint density at radius 1 is 1.00 bits per heavy atom. The van der Waals surface area contributed by atoms with Gasteiger partial charge in [-0.2, -0.15) is 4.31 Å². The van der Waals surface area contributed by atoms with Crippen LogP contribution in [-0.2, 0) is 16.6 Å². The molecule has 2 aromatic rings. The molecule has 1 saturated heterocycles. The van der Waals surface area contributed by atoms with E-state index in [2.05, 4.69) is 4.90 Å². The number of nitrogens with zero attached hydrogens (tertiary/aromatic N) is 2. The van der Waals surface area contributed by atoms with E-state index >= 15 is 0 Å². The van der Waals surface area contributed by atoms with E-state index in [1.165, 1.54) is 24.6 Å². The molecule has 1 aliphatic heterocycles. The Bertz CT molecular complexity index is 894. The zero-order chi connectivity index (χ0) is 19.4. The van der Waals surface area contributed by atoms with E-state index in [9.17, 15) is 8.42 Å². The van der Waals surface area contributed by atoms with E-state index in [0.717, 1.165) is 17.8 Å². The summed E-state index contributed by atoms with van der Waals surface area (Å²) in [6.07, 6.45) is 0. The van der Waals surface area contributed by atoms with Gasteiger partial charge >= 0.3 is 0 Å². The van der Waals surface area contributed by atoms with Crippen LogP contribution in [0.4, 0.5) is 5.69 Å². The molecule has 1 fully saturated rings. The lowest BCUT2D eigenvalue weighted by Crippen LogP contribution is -2.48. The van der Waals surface area contributed by atoms with Crippen LogP contribution >= 0.6 is 0 Å². The Labute approximate surface area is 160 Å². The van der Waals surface area contributed by atoms with Crippen LogP contribution < -0.4 is 15.2 Å². The van der Waals surface area contributed by atoms with Crippen molar-refractivity contribution < 1.29 is 17.9 Å². The summed E-state index contributed by atoms with van der Waals surface area (Å²) in [5.41, 5.74) is 7.69. The number of hydrogen-bond acceptors (Lipinski definition) is 6. The molecular formula is C19H25N3O4S. The van der Waals surface area contributed by atoms with Gasteiger partial charge in [0.2, 0.25) is 10.0 Å². The van der Waals surface area contributed by atoms with Crippen LogP contribution in [0.5, 0.6) is 11.5 Å². The minimum atomic E-state index is -3.66. The van der Waals surface area contributed by atoms with Crippen LogP contribution in [0.15, 0.2) is 47.4 Å². The highest BCUT2D eigenvalue weighted by molar-refractivity contribution is 7.89. The third-order valence-electron chi connectivity index (χ3n) is 4.68. The third-order valence-corrected chi connectivity index (χ3v) is 6.60. The number of methoxy groups -OCH3 is 2. The van der Waals surface area contributed by atoms with Crippen LogP contribution in [0.3, 0.4) is 0 Å². The fourth-order valence-corrected chi connectivity index (χ4v) is 4.80. The number of nitrogen functional groups attached to an aromatic ring is 1. The predicted molar refractivity (Wildman–Crippen MR) is 104 cm³/mol. The van der Waals surface area contributed by atoms with Crippen molar-refractivity contribution in [1.29, 1.82) is 0 Å². The Morgan fingerprint density at radius 3 is 2.37 bits per heavy atom. The minimum absolute atomic E-state index is 0.133. The summed E-state index contributed by atoms with van der Waals surface area (Å²) in [5, 5.41) is 0. The molecule has 7 nitrogen and oxygen atoms in total. The normalized spacial score (nSPS) is 16.2. The number of ether oxygens (including phenoxy) is 2. The van der Waals surface area contributed by atoms with Gasteiger partial charge in [0, 0.05) is 44.5 Å². The highest BCUT2D eigenvalue weighted by atomic mass is 32.2. The smallest absolute Gasteiger partial charge is 0.246 e. The lowest BCUT2D eigenvalue weighted by atomic mass is 10.2. The molecule has 0 saturated carbocycles. The fraction of sp³-hybridized carbons (Fsp3) is 0.368. The first-order valence-corrected chi connectivity index (χ1v) is 10.2. The Balaban J connectivity index is 1.71. The average molecular weight is 391 g/mol. The summed E-state index contributed by atoms with van der Waals surface area (Å²) < 4.78 is 38.1. The monoisotopic (exact) mass is 391 g/mol. The minimum Gasteiger partial charge on any atom is -0.497 e. The number of hydrogen-bond donors (Lipinski definition) is 1. The Kier molecular flexibility index (Phi) is 5.88. The molecule has 2 aromatic carbocycles. The van der Waals surface area contributed by atoms with E-state index in [4.69, 9.17) is 15.2 Å². The third kappa shape index (κ3) is 4.35. The summed E-state index contributed by atoms with van der Waals surface area (Å²) >= 11 is 0. The SMILES string of the molecule is COc1ccc(OC)c(S(=O)(=O)N2CCN(Cc3cccc(N)c3)CC2)c1. The van der Waals surface area contributed by atoms with E-state index in [1.54, 1.807) is 12.1 Å². The molecule has 3 rings (SSSR count). The highest BCUT2D eigenvalue weighted by Crippen LogP contribution is 2.31. The van der Waals surface area contributed by atoms with Crippen molar-refractivity contribution in [3.05, 3.63) is 48.0 Å². The van der Waals surface area contributed by atoms with Crippen molar-refractivity contribution in [3.8, 4) is 11.5 Å². The van der Waals surface area contributed by atoms with Crippen molar-refractivity contribution >= 4 is 15.7 Å². The van der Waals surface area contributed by atoms with Gasteiger partial charge in [-0.1, -0.05) is 12.1 Å². The first-order chi connectivity index (χ1) is 12.9. The standard InChI is InChI=1S/C19H25N3O4S/c1-25-17-6-7-18(26-2)19(13-17)27(23,24)22-10-8-21(9-11-22)14-15-4-3-5-16(20)12-15/h3-7,12-13H,8-11,14,20H2,1-2H3. The molecule has 0 unspecified atom stereocenters. The van der Waals surface area contributed by atoms with Crippen LogP contribution in [0.25, 0.3) is 0 Å². The van der Waals surface area contributed by atoms with Crippen LogP contribution in [-0.4, -0.2) is 58.0 Å². The van der Waals surface area contributed by atoms with Gasteiger partial charge in [0.25, 0.3) is 0 Å². The van der Waals surface area contributed by atoms with Gasteiger partial charge in [0.15, 0.2) is 0 Å². The van der Waals surface area contributed by atoms with Crippen molar-refractivity contribution in [3.63, 3.8) is 0 Å². The predicted octanol–water partition coefficient (Wildman–Crippen LogP) is 1.79. The molecule has 1 heterocycles. The van der Waals surface area contributed by atoms with E-state index < -0.39 is 10.0 Å². The zero-order valence-electron chi connectivity index (χ0n) is 15.6. The van der Waals surface area contributed by atoms with Gasteiger partial charge in [-0.25, -0.2) is 8.42 Å². The lowest BCUT2D eigenvalue weighted by Gasteiger charge is -2.34. The molecule has 0 amide bonds. The molecule has 0 aliphatic carbocycles. The van der Waals surface area contributed by atoms with Crippen molar-refractivity contribution in [1.82, 2.24) is 9.21 Å². The van der Waals surface area contributed by atoms with Crippen LogP contribution in [0.2, 0.25) is 0 Å². The summed E-state index contributed by atoms with van der Waals surface area (Å²) in [5.74, 6) is 0.799. The maximum atomic E-state index is 13.1. The van der Waals surface area contributed by atoms with Crippen molar-refractivity contribution in [2.75, 3.05) is 46.1 Å². The first-order valence-electron chi connectivity index (χ1n) is 8.73. The fourth-order valence-electron chi connectivity index (χ4n) is 3.20. The first kappa shape index (κ1) is 19.5. The molecular weight excluding hydrogens is 366 g/mol. The Morgan fingerprint density at radius 2 is 1.74 bits per heavy atom. The summed E-state index contributed by atoms with van der Waals surface area (Å²) in [6.45, 7) is 2.90. The number of nitrogens with two attached hydrogens (primary N) is 1. The molecule has 0 aromatic heterocycles.